The largest absolute Gasteiger partial charge is 0.454 e. The maximum atomic E-state index is 12.9. The zero-order valence-electron chi connectivity index (χ0n) is 17.5. The number of non-ortho nitro benzene ring substituents is 1. The summed E-state index contributed by atoms with van der Waals surface area (Å²) < 4.78 is 42.2. The number of nitro groups is 1. The van der Waals surface area contributed by atoms with Gasteiger partial charge >= 0.3 is 10.1 Å². The van der Waals surface area contributed by atoms with Crippen LogP contribution in [0.4, 0.5) is 5.69 Å². The minimum Gasteiger partial charge on any atom is -0.454 e. The minimum absolute atomic E-state index is 0.168. The molecule has 0 fully saturated rings. The lowest BCUT2D eigenvalue weighted by Gasteiger charge is -2.26. The number of hydrogen-bond acceptors (Lipinski definition) is 8. The van der Waals surface area contributed by atoms with Gasteiger partial charge < -0.3 is 18.6 Å². The Bertz CT molecular complexity index is 1730. The predicted molar refractivity (Wildman–Crippen MR) is 122 cm³/mol. The van der Waals surface area contributed by atoms with E-state index in [9.17, 15) is 18.5 Å². The van der Waals surface area contributed by atoms with Gasteiger partial charge in [-0.25, -0.2) is 0 Å². The number of nitrogens with zero attached hydrogens (tertiary/aromatic N) is 2. The smallest absolute Gasteiger partial charge is 0.339 e. The van der Waals surface area contributed by atoms with Gasteiger partial charge in [-0.05, 0) is 46.8 Å². The van der Waals surface area contributed by atoms with Crippen LogP contribution in [0.5, 0.6) is 17.2 Å². The van der Waals surface area contributed by atoms with Crippen LogP contribution in [-0.2, 0) is 10.1 Å². The minimum atomic E-state index is -4.19. The lowest BCUT2D eigenvalue weighted by atomic mass is 10.0. The summed E-state index contributed by atoms with van der Waals surface area (Å²) in [5, 5.41) is 14.3. The van der Waals surface area contributed by atoms with Crippen molar-refractivity contribution in [2.24, 2.45) is 0 Å². The zero-order valence-corrected chi connectivity index (χ0v) is 18.3. The fourth-order valence-electron chi connectivity index (χ4n) is 4.18. The summed E-state index contributed by atoms with van der Waals surface area (Å²) in [6, 6.07) is 13.7. The molecule has 10 heteroatoms. The molecule has 34 heavy (non-hydrogen) atoms. The summed E-state index contributed by atoms with van der Waals surface area (Å²) in [6.45, 7) is 0.779. The molecule has 3 aliphatic rings. The molecule has 0 atom stereocenters. The van der Waals surface area contributed by atoms with Gasteiger partial charge in [0.15, 0.2) is 17.2 Å². The van der Waals surface area contributed by atoms with Gasteiger partial charge in [0.05, 0.1) is 4.92 Å². The second kappa shape index (κ2) is 7.35. The van der Waals surface area contributed by atoms with Crippen LogP contribution in [0.1, 0.15) is 0 Å². The molecule has 0 N–H and O–H groups in total. The molecule has 0 radical (unpaired) electrons. The highest BCUT2D eigenvalue weighted by molar-refractivity contribution is 7.87. The van der Waals surface area contributed by atoms with Crippen LogP contribution in [0, 0.1) is 10.1 Å². The standard InChI is InChI=1S/C24H16N2O7S/c27-26(28)17-4-6-18(7-5-17)34(29,30)33-22-3-1-2-15-10-21-19-12-24-23(31-14-32-24)11-16(19)8-9-25(21)13-20(15)22/h1-8,10-13H,9,14H2. The first-order valence-electron chi connectivity index (χ1n) is 10.3. The van der Waals surface area contributed by atoms with E-state index in [0.717, 1.165) is 51.4 Å². The van der Waals surface area contributed by atoms with Crippen molar-refractivity contribution in [3.05, 3.63) is 85.6 Å². The lowest BCUT2D eigenvalue weighted by molar-refractivity contribution is -0.384. The number of benzene rings is 3. The normalized spacial score (nSPS) is 15.2. The average Bonchev–Trinajstić information content (AvgIpc) is 3.29. The fraction of sp³-hybridized carbons (Fsp3) is 0.0833. The predicted octanol–water partition coefficient (Wildman–Crippen LogP) is 0.528. The topological polar surface area (TPSA) is 108 Å². The number of fused-ring (bicyclic) bond motifs is 4. The van der Waals surface area contributed by atoms with Gasteiger partial charge in [-0.15, -0.1) is 0 Å². The summed E-state index contributed by atoms with van der Waals surface area (Å²) in [6.07, 6.45) is 5.90. The lowest BCUT2D eigenvalue weighted by Crippen LogP contribution is -2.43. The molecule has 0 unspecified atom stereocenters. The van der Waals surface area contributed by atoms with Crippen molar-refractivity contribution in [3.8, 4) is 17.2 Å². The Labute approximate surface area is 193 Å². The van der Waals surface area contributed by atoms with E-state index in [1.54, 1.807) is 12.1 Å². The summed E-state index contributed by atoms with van der Waals surface area (Å²) >= 11 is 0. The van der Waals surface area contributed by atoms with Crippen LogP contribution in [0.2, 0.25) is 0 Å². The van der Waals surface area contributed by atoms with Crippen molar-refractivity contribution in [1.29, 1.82) is 0 Å². The first kappa shape index (κ1) is 20.3. The van der Waals surface area contributed by atoms with Crippen LogP contribution < -0.4 is 34.5 Å². The van der Waals surface area contributed by atoms with E-state index in [1.807, 2.05) is 35.4 Å². The molecule has 0 saturated carbocycles. The Morgan fingerprint density at radius 2 is 1.76 bits per heavy atom. The Hall–Kier alpha value is -4.31. The molecule has 3 aromatic rings. The van der Waals surface area contributed by atoms with Crippen molar-refractivity contribution in [3.63, 3.8) is 0 Å². The fourth-order valence-corrected chi connectivity index (χ4v) is 5.13. The van der Waals surface area contributed by atoms with Crippen molar-refractivity contribution in [2.75, 3.05) is 13.3 Å². The Morgan fingerprint density at radius 1 is 1.00 bits per heavy atom. The first-order valence-corrected chi connectivity index (χ1v) is 11.7. The van der Waals surface area contributed by atoms with Gasteiger partial charge in [0.25, 0.3) is 5.69 Å². The second-order valence-corrected chi connectivity index (χ2v) is 9.40. The molecule has 9 nitrogen and oxygen atoms in total. The summed E-state index contributed by atoms with van der Waals surface area (Å²) in [4.78, 5) is 12.1. The third-order valence-electron chi connectivity index (χ3n) is 5.85. The Kier molecular flexibility index (Phi) is 4.39. The number of hydrogen-bond donors (Lipinski definition) is 0. The SMILES string of the molecule is O=[N+]([O-])c1ccc(S(=O)(=O)Oc2cccc3c2=CN2CC=c4cc5c(cc4=C2C=3)OCO5)cc1. The molecule has 0 spiro atoms. The van der Waals surface area contributed by atoms with E-state index in [-0.39, 0.29) is 23.1 Å². The summed E-state index contributed by atoms with van der Waals surface area (Å²) in [5.41, 5.74) is 0.755. The molecule has 0 bridgehead atoms. The van der Waals surface area contributed by atoms with Gasteiger partial charge in [-0.3, -0.25) is 10.1 Å². The van der Waals surface area contributed by atoms with Gasteiger partial charge in [0, 0.05) is 41.0 Å². The molecule has 3 aromatic carbocycles. The molecule has 6 rings (SSSR count). The molecule has 3 aliphatic heterocycles. The van der Waals surface area contributed by atoms with E-state index in [1.165, 1.54) is 0 Å². The molecule has 0 aromatic heterocycles. The van der Waals surface area contributed by atoms with E-state index in [0.29, 0.717) is 17.5 Å². The van der Waals surface area contributed by atoms with Crippen LogP contribution in [0.15, 0.2) is 59.5 Å². The van der Waals surface area contributed by atoms with Crippen LogP contribution >= 0.6 is 0 Å². The highest BCUT2D eigenvalue weighted by Gasteiger charge is 2.22. The van der Waals surface area contributed by atoms with Crippen molar-refractivity contribution in [2.45, 2.75) is 4.90 Å². The zero-order chi connectivity index (χ0) is 23.4. The van der Waals surface area contributed by atoms with E-state index < -0.39 is 15.0 Å². The number of ether oxygens (including phenoxy) is 2. The molecule has 0 amide bonds. The monoisotopic (exact) mass is 476 g/mol. The van der Waals surface area contributed by atoms with Crippen LogP contribution in [0.25, 0.3) is 24.0 Å². The van der Waals surface area contributed by atoms with Gasteiger partial charge in [-0.1, -0.05) is 18.2 Å². The summed E-state index contributed by atoms with van der Waals surface area (Å²) in [5.74, 6) is 1.57. The number of nitro benzene ring substituents is 1. The van der Waals surface area contributed by atoms with Crippen molar-refractivity contribution >= 4 is 39.9 Å². The van der Waals surface area contributed by atoms with E-state index in [4.69, 9.17) is 13.7 Å². The molecular weight excluding hydrogens is 460 g/mol. The highest BCUT2D eigenvalue weighted by atomic mass is 32.2. The molecule has 0 aliphatic carbocycles. The van der Waals surface area contributed by atoms with E-state index >= 15 is 0 Å². The maximum absolute atomic E-state index is 12.9. The van der Waals surface area contributed by atoms with Crippen molar-refractivity contribution in [1.82, 2.24) is 4.90 Å². The maximum Gasteiger partial charge on any atom is 0.339 e. The van der Waals surface area contributed by atoms with Crippen LogP contribution in [-0.4, -0.2) is 31.6 Å². The first-order chi connectivity index (χ1) is 16.4. The molecule has 3 heterocycles. The highest BCUT2D eigenvalue weighted by Crippen LogP contribution is 2.29. The quantitative estimate of drug-likeness (QED) is 0.305. The third kappa shape index (κ3) is 3.27. The van der Waals surface area contributed by atoms with Gasteiger partial charge in [0.1, 0.15) is 4.90 Å². The second-order valence-electron chi connectivity index (χ2n) is 7.86. The molecule has 0 saturated heterocycles. The average molecular weight is 476 g/mol. The number of rotatable bonds is 4. The van der Waals surface area contributed by atoms with E-state index in [2.05, 4.69) is 6.08 Å². The van der Waals surface area contributed by atoms with Gasteiger partial charge in [-0.2, -0.15) is 8.42 Å². The summed E-state index contributed by atoms with van der Waals surface area (Å²) in [7, 11) is -4.19. The molecular formula is C24H16N2O7S. The van der Waals surface area contributed by atoms with Crippen LogP contribution in [0.3, 0.4) is 0 Å². The Morgan fingerprint density at radius 3 is 2.53 bits per heavy atom. The van der Waals surface area contributed by atoms with Crippen molar-refractivity contribution < 1.29 is 27.0 Å². The Balaban J connectivity index is 1.44. The third-order valence-corrected chi connectivity index (χ3v) is 7.10. The molecule has 170 valence electrons. The van der Waals surface area contributed by atoms with Gasteiger partial charge in [0.2, 0.25) is 6.79 Å².